The summed E-state index contributed by atoms with van der Waals surface area (Å²) in [5.74, 6) is 0.0384. The van der Waals surface area contributed by atoms with E-state index in [0.717, 1.165) is 28.5 Å². The van der Waals surface area contributed by atoms with Crippen LogP contribution in [0.15, 0.2) is 77.7 Å². The highest BCUT2D eigenvalue weighted by Gasteiger charge is 2.44. The van der Waals surface area contributed by atoms with Gasteiger partial charge in [-0.25, -0.2) is 0 Å². The first-order chi connectivity index (χ1) is 16.1. The molecule has 3 unspecified atom stereocenters. The van der Waals surface area contributed by atoms with Gasteiger partial charge in [0, 0.05) is 31.5 Å². The number of aliphatic hydroxyl groups is 1. The van der Waals surface area contributed by atoms with Gasteiger partial charge < -0.3 is 24.9 Å². The molecule has 6 nitrogen and oxygen atoms in total. The smallest absolute Gasteiger partial charge is 0.247 e. The van der Waals surface area contributed by atoms with E-state index in [0.29, 0.717) is 19.4 Å². The van der Waals surface area contributed by atoms with Crippen LogP contribution in [-0.2, 0) is 15.1 Å². The fraction of sp³-hybridized carbons (Fsp3) is 0.333. The van der Waals surface area contributed by atoms with Gasteiger partial charge in [-0.15, -0.1) is 0 Å². The third-order valence-electron chi connectivity index (χ3n) is 6.60. The SMILES string of the molecule is C[C@@H](c1ccc(-c2ccc(=O)[nH]c2)cc1)C1NCC(CCCO)(c2ccccc2)OC1C=O. The second-order valence-electron chi connectivity index (χ2n) is 8.66. The number of aliphatic hydroxyl groups excluding tert-OH is 1. The Morgan fingerprint density at radius 1 is 1.09 bits per heavy atom. The van der Waals surface area contributed by atoms with E-state index in [9.17, 15) is 14.7 Å². The summed E-state index contributed by atoms with van der Waals surface area (Å²) in [6, 6.07) is 21.2. The number of aromatic amines is 1. The van der Waals surface area contributed by atoms with Gasteiger partial charge in [-0.1, -0.05) is 61.5 Å². The third kappa shape index (κ3) is 4.98. The molecule has 0 saturated carbocycles. The first-order valence-electron chi connectivity index (χ1n) is 11.4. The van der Waals surface area contributed by atoms with Crippen LogP contribution < -0.4 is 10.9 Å². The summed E-state index contributed by atoms with van der Waals surface area (Å²) < 4.78 is 6.50. The summed E-state index contributed by atoms with van der Waals surface area (Å²) in [5.41, 5.74) is 3.27. The van der Waals surface area contributed by atoms with Crippen LogP contribution >= 0.6 is 0 Å². The van der Waals surface area contributed by atoms with Crippen molar-refractivity contribution in [2.45, 2.75) is 43.4 Å². The summed E-state index contributed by atoms with van der Waals surface area (Å²) in [6.45, 7) is 2.73. The van der Waals surface area contributed by atoms with Crippen molar-refractivity contribution in [3.8, 4) is 11.1 Å². The molecule has 1 aliphatic rings. The molecule has 2 aromatic carbocycles. The van der Waals surface area contributed by atoms with Gasteiger partial charge in [-0.3, -0.25) is 4.79 Å². The Bertz CT molecular complexity index is 1090. The minimum atomic E-state index is -0.653. The highest BCUT2D eigenvalue weighted by Crippen LogP contribution is 2.37. The van der Waals surface area contributed by atoms with Crippen molar-refractivity contribution in [2.75, 3.05) is 13.2 Å². The minimum absolute atomic E-state index is 0.0384. The minimum Gasteiger partial charge on any atom is -0.396 e. The van der Waals surface area contributed by atoms with Crippen molar-refractivity contribution in [1.29, 1.82) is 0 Å². The quantitative estimate of drug-likeness (QED) is 0.462. The van der Waals surface area contributed by atoms with Crippen LogP contribution in [0, 0.1) is 0 Å². The summed E-state index contributed by atoms with van der Waals surface area (Å²) in [4.78, 5) is 26.1. The number of pyridine rings is 1. The lowest BCUT2D eigenvalue weighted by Crippen LogP contribution is -2.59. The van der Waals surface area contributed by atoms with Crippen LogP contribution in [0.5, 0.6) is 0 Å². The van der Waals surface area contributed by atoms with Gasteiger partial charge in [0.1, 0.15) is 18.0 Å². The van der Waals surface area contributed by atoms with Crippen molar-refractivity contribution in [1.82, 2.24) is 10.3 Å². The summed E-state index contributed by atoms with van der Waals surface area (Å²) in [6.07, 6.45) is 3.19. The number of rotatable bonds is 8. The van der Waals surface area contributed by atoms with Gasteiger partial charge in [-0.2, -0.15) is 0 Å². The molecule has 2 heterocycles. The van der Waals surface area contributed by atoms with E-state index in [4.69, 9.17) is 4.74 Å². The first-order valence-corrected chi connectivity index (χ1v) is 11.4. The predicted molar refractivity (Wildman–Crippen MR) is 128 cm³/mol. The maximum Gasteiger partial charge on any atom is 0.247 e. The molecule has 0 radical (unpaired) electrons. The van der Waals surface area contributed by atoms with Crippen molar-refractivity contribution < 1.29 is 14.6 Å². The van der Waals surface area contributed by atoms with Gasteiger partial charge in [0.2, 0.25) is 5.56 Å². The Kier molecular flexibility index (Phi) is 7.18. The Morgan fingerprint density at radius 2 is 1.82 bits per heavy atom. The molecule has 33 heavy (non-hydrogen) atoms. The molecule has 6 heteroatoms. The number of hydrogen-bond donors (Lipinski definition) is 3. The summed E-state index contributed by atoms with van der Waals surface area (Å²) >= 11 is 0. The average Bonchev–Trinajstić information content (AvgIpc) is 2.88. The Hall–Kier alpha value is -3.06. The first kappa shape index (κ1) is 23.1. The second kappa shape index (κ2) is 10.3. The molecule has 1 saturated heterocycles. The second-order valence-corrected chi connectivity index (χ2v) is 8.66. The van der Waals surface area contributed by atoms with Crippen LogP contribution in [0.25, 0.3) is 11.1 Å². The average molecular weight is 447 g/mol. The number of ether oxygens (including phenoxy) is 1. The molecule has 1 aromatic heterocycles. The molecule has 0 bridgehead atoms. The van der Waals surface area contributed by atoms with Crippen LogP contribution in [0.3, 0.4) is 0 Å². The zero-order chi connectivity index (χ0) is 23.3. The number of H-pyrrole nitrogens is 1. The number of aromatic nitrogens is 1. The van der Waals surface area contributed by atoms with Crippen molar-refractivity contribution >= 4 is 6.29 Å². The molecule has 0 amide bonds. The normalized spacial score (nSPS) is 23.7. The molecule has 4 atom stereocenters. The van der Waals surface area contributed by atoms with Crippen molar-refractivity contribution in [2.24, 2.45) is 0 Å². The summed E-state index contributed by atoms with van der Waals surface area (Å²) in [5, 5.41) is 13.0. The Balaban J connectivity index is 1.54. The summed E-state index contributed by atoms with van der Waals surface area (Å²) in [7, 11) is 0. The zero-order valence-corrected chi connectivity index (χ0v) is 18.7. The maximum atomic E-state index is 12.1. The topological polar surface area (TPSA) is 91.4 Å². The van der Waals surface area contributed by atoms with E-state index >= 15 is 0 Å². The van der Waals surface area contributed by atoms with E-state index in [1.54, 1.807) is 12.3 Å². The van der Waals surface area contributed by atoms with Crippen LogP contribution in [0.2, 0.25) is 0 Å². The van der Waals surface area contributed by atoms with E-state index in [1.807, 2.05) is 42.5 Å². The van der Waals surface area contributed by atoms with Gasteiger partial charge in [0.05, 0.1) is 0 Å². The Labute approximate surface area is 193 Å². The molecule has 3 N–H and O–H groups in total. The van der Waals surface area contributed by atoms with Gasteiger partial charge in [0.25, 0.3) is 0 Å². The Morgan fingerprint density at radius 3 is 2.45 bits per heavy atom. The third-order valence-corrected chi connectivity index (χ3v) is 6.60. The molecule has 0 spiro atoms. The zero-order valence-electron chi connectivity index (χ0n) is 18.7. The standard InChI is InChI=1S/C27H30N2O4/c1-19(20-8-10-21(11-9-20)22-12-13-25(32)28-16-22)26-24(17-31)33-27(18-29-26,14-5-15-30)23-6-3-2-4-7-23/h2-4,6-13,16-17,19,24,26,29-30H,5,14-15,18H2,1H3,(H,28,32)/t19-,24?,26?,27?/m0/s1. The number of carbonyl (C=O) groups excluding carboxylic acids is 1. The lowest BCUT2D eigenvalue weighted by Gasteiger charge is -2.46. The van der Waals surface area contributed by atoms with Crippen molar-refractivity contribution in [3.05, 3.63) is 94.4 Å². The molecule has 3 aromatic rings. The number of nitrogens with one attached hydrogen (secondary N) is 2. The number of carbonyl (C=O) groups is 1. The highest BCUT2D eigenvalue weighted by molar-refractivity contribution is 5.63. The van der Waals surface area contributed by atoms with Crippen LogP contribution in [0.4, 0.5) is 0 Å². The lowest BCUT2D eigenvalue weighted by molar-refractivity contribution is -0.159. The number of morpholine rings is 1. The predicted octanol–water partition coefficient (Wildman–Crippen LogP) is 3.37. The van der Waals surface area contributed by atoms with E-state index in [-0.39, 0.29) is 24.1 Å². The molecule has 4 rings (SSSR count). The largest absolute Gasteiger partial charge is 0.396 e. The number of benzene rings is 2. The monoisotopic (exact) mass is 446 g/mol. The van der Waals surface area contributed by atoms with Crippen molar-refractivity contribution in [3.63, 3.8) is 0 Å². The van der Waals surface area contributed by atoms with Gasteiger partial charge in [-0.05, 0) is 47.1 Å². The lowest BCUT2D eigenvalue weighted by atomic mass is 9.82. The molecule has 0 aliphatic carbocycles. The van der Waals surface area contributed by atoms with E-state index < -0.39 is 11.7 Å². The maximum absolute atomic E-state index is 12.1. The van der Waals surface area contributed by atoms with Gasteiger partial charge in [0.15, 0.2) is 0 Å². The molecule has 172 valence electrons. The van der Waals surface area contributed by atoms with Crippen LogP contribution in [-0.4, -0.2) is 41.7 Å². The highest BCUT2D eigenvalue weighted by atomic mass is 16.5. The molecular weight excluding hydrogens is 416 g/mol. The molecule has 1 fully saturated rings. The van der Waals surface area contributed by atoms with Gasteiger partial charge >= 0.3 is 0 Å². The fourth-order valence-electron chi connectivity index (χ4n) is 4.69. The fourth-order valence-corrected chi connectivity index (χ4v) is 4.69. The van der Waals surface area contributed by atoms with Crippen LogP contribution in [0.1, 0.15) is 36.8 Å². The molecule has 1 aliphatic heterocycles. The molecular formula is C27H30N2O4. The number of hydrogen-bond acceptors (Lipinski definition) is 5. The van der Waals surface area contributed by atoms with E-state index in [1.165, 1.54) is 6.07 Å². The number of aldehydes is 1. The van der Waals surface area contributed by atoms with E-state index in [2.05, 4.69) is 29.4 Å².